The van der Waals surface area contributed by atoms with Gasteiger partial charge in [-0.3, -0.25) is 4.99 Å². The first-order chi connectivity index (χ1) is 11.9. The van der Waals surface area contributed by atoms with Gasteiger partial charge in [0.15, 0.2) is 15.8 Å². The van der Waals surface area contributed by atoms with E-state index >= 15 is 0 Å². The number of halogens is 1. The van der Waals surface area contributed by atoms with Gasteiger partial charge in [0.1, 0.15) is 5.15 Å². The zero-order valence-corrected chi connectivity index (χ0v) is 15.7. The lowest BCUT2D eigenvalue weighted by Gasteiger charge is -2.12. The Bertz CT molecular complexity index is 819. The molecule has 2 N–H and O–H groups in total. The average Bonchev–Trinajstić information content (AvgIpc) is 2.59. The second kappa shape index (κ2) is 8.82. The molecule has 134 valence electrons. The lowest BCUT2D eigenvalue weighted by molar-refractivity contribution is 0.602. The van der Waals surface area contributed by atoms with Crippen LogP contribution in [0.15, 0.2) is 52.5 Å². The SMILES string of the molecule is CN=C(NCCc1ccc(S(C)(=O)=O)cc1)NCc1ccc(Cl)nc1. The molecule has 0 aliphatic rings. The van der Waals surface area contributed by atoms with Crippen molar-refractivity contribution in [2.45, 2.75) is 17.9 Å². The van der Waals surface area contributed by atoms with Gasteiger partial charge < -0.3 is 10.6 Å². The van der Waals surface area contributed by atoms with Crippen molar-refractivity contribution in [2.24, 2.45) is 4.99 Å². The molecule has 2 aromatic rings. The molecule has 0 spiro atoms. The molecular weight excluding hydrogens is 360 g/mol. The summed E-state index contributed by atoms with van der Waals surface area (Å²) in [5, 5.41) is 6.88. The van der Waals surface area contributed by atoms with E-state index in [1.165, 1.54) is 6.26 Å². The Kier molecular flexibility index (Phi) is 6.78. The number of rotatable bonds is 6. The number of aliphatic imine (C=N–C) groups is 1. The van der Waals surface area contributed by atoms with Crippen LogP contribution in [0.25, 0.3) is 0 Å². The van der Waals surface area contributed by atoms with E-state index in [4.69, 9.17) is 11.6 Å². The monoisotopic (exact) mass is 380 g/mol. The third-order valence-electron chi connectivity index (χ3n) is 3.53. The summed E-state index contributed by atoms with van der Waals surface area (Å²) in [5.74, 6) is 0.683. The molecule has 1 aromatic carbocycles. The minimum atomic E-state index is -3.15. The summed E-state index contributed by atoms with van der Waals surface area (Å²) < 4.78 is 22.9. The molecule has 0 radical (unpaired) electrons. The van der Waals surface area contributed by atoms with Crippen LogP contribution in [0.4, 0.5) is 0 Å². The van der Waals surface area contributed by atoms with Gasteiger partial charge in [0.25, 0.3) is 0 Å². The van der Waals surface area contributed by atoms with Crippen molar-refractivity contribution in [3.63, 3.8) is 0 Å². The fourth-order valence-corrected chi connectivity index (χ4v) is 2.89. The second-order valence-corrected chi connectivity index (χ2v) is 7.91. The van der Waals surface area contributed by atoms with Crippen molar-refractivity contribution >= 4 is 27.4 Å². The van der Waals surface area contributed by atoms with Crippen LogP contribution in [0, 0.1) is 0 Å². The number of pyridine rings is 1. The number of sulfone groups is 1. The number of guanidine groups is 1. The Labute approximate surface area is 153 Å². The molecule has 25 heavy (non-hydrogen) atoms. The predicted octanol–water partition coefficient (Wildman–Crippen LogP) is 2.05. The Morgan fingerprint density at radius 1 is 1.12 bits per heavy atom. The average molecular weight is 381 g/mol. The largest absolute Gasteiger partial charge is 0.356 e. The lowest BCUT2D eigenvalue weighted by atomic mass is 10.1. The summed E-state index contributed by atoms with van der Waals surface area (Å²) in [6.45, 7) is 1.27. The fraction of sp³-hybridized carbons (Fsp3) is 0.294. The Morgan fingerprint density at radius 2 is 1.80 bits per heavy atom. The molecular formula is C17H21ClN4O2S. The van der Waals surface area contributed by atoms with E-state index in [0.29, 0.717) is 29.1 Å². The van der Waals surface area contributed by atoms with Gasteiger partial charge in [0, 0.05) is 32.6 Å². The normalized spacial score (nSPS) is 12.0. The molecule has 0 amide bonds. The summed E-state index contributed by atoms with van der Waals surface area (Å²) in [6.07, 6.45) is 3.68. The van der Waals surface area contributed by atoms with Crippen molar-refractivity contribution in [3.05, 3.63) is 58.9 Å². The molecule has 6 nitrogen and oxygen atoms in total. The highest BCUT2D eigenvalue weighted by molar-refractivity contribution is 7.90. The van der Waals surface area contributed by atoms with Gasteiger partial charge in [0.2, 0.25) is 0 Å². The first kappa shape index (κ1) is 19.2. The summed E-state index contributed by atoms with van der Waals surface area (Å²) in [6, 6.07) is 10.6. The highest BCUT2D eigenvalue weighted by Gasteiger charge is 2.06. The molecule has 0 saturated heterocycles. The van der Waals surface area contributed by atoms with Gasteiger partial charge in [-0.2, -0.15) is 0 Å². The molecule has 0 fully saturated rings. The maximum atomic E-state index is 11.4. The number of nitrogens with one attached hydrogen (secondary N) is 2. The zero-order chi connectivity index (χ0) is 18.3. The lowest BCUT2D eigenvalue weighted by Crippen LogP contribution is -2.37. The maximum absolute atomic E-state index is 11.4. The summed E-state index contributed by atoms with van der Waals surface area (Å²) in [5.41, 5.74) is 2.06. The highest BCUT2D eigenvalue weighted by atomic mass is 35.5. The van der Waals surface area contributed by atoms with E-state index in [-0.39, 0.29) is 0 Å². The van der Waals surface area contributed by atoms with Gasteiger partial charge in [0.05, 0.1) is 4.90 Å². The Balaban J connectivity index is 1.80. The minimum absolute atomic E-state index is 0.332. The van der Waals surface area contributed by atoms with Crippen LogP contribution in [-0.4, -0.2) is 39.2 Å². The number of nitrogens with zero attached hydrogens (tertiary/aromatic N) is 2. The van der Waals surface area contributed by atoms with Gasteiger partial charge in [-0.25, -0.2) is 13.4 Å². The van der Waals surface area contributed by atoms with E-state index in [2.05, 4.69) is 20.6 Å². The smallest absolute Gasteiger partial charge is 0.191 e. The molecule has 1 aromatic heterocycles. The third kappa shape index (κ3) is 6.36. The third-order valence-corrected chi connectivity index (χ3v) is 4.88. The van der Waals surface area contributed by atoms with Gasteiger partial charge in [-0.05, 0) is 35.7 Å². The van der Waals surface area contributed by atoms with Gasteiger partial charge >= 0.3 is 0 Å². The Hall–Kier alpha value is -2.12. The molecule has 0 bridgehead atoms. The van der Waals surface area contributed by atoms with Crippen molar-refractivity contribution in [3.8, 4) is 0 Å². The van der Waals surface area contributed by atoms with Crippen LogP contribution in [0.1, 0.15) is 11.1 Å². The van der Waals surface area contributed by atoms with Gasteiger partial charge in [-0.15, -0.1) is 0 Å². The number of benzene rings is 1. The molecule has 2 rings (SSSR count). The van der Waals surface area contributed by atoms with Crippen LogP contribution in [0.3, 0.4) is 0 Å². The predicted molar refractivity (Wildman–Crippen MR) is 101 cm³/mol. The van der Waals surface area contributed by atoms with E-state index in [1.54, 1.807) is 31.4 Å². The first-order valence-corrected chi connectivity index (χ1v) is 9.99. The summed E-state index contributed by atoms with van der Waals surface area (Å²) >= 11 is 5.76. The number of aromatic nitrogens is 1. The molecule has 0 aliphatic carbocycles. The minimum Gasteiger partial charge on any atom is -0.356 e. The number of hydrogen-bond acceptors (Lipinski definition) is 4. The van der Waals surface area contributed by atoms with Crippen LogP contribution >= 0.6 is 11.6 Å². The zero-order valence-electron chi connectivity index (χ0n) is 14.2. The standard InChI is InChI=1S/C17H21ClN4O2S/c1-19-17(22-12-14-5-8-16(18)21-11-14)20-10-9-13-3-6-15(7-4-13)25(2,23)24/h3-8,11H,9-10,12H2,1-2H3,(H2,19,20,22). The molecule has 0 saturated carbocycles. The molecule has 8 heteroatoms. The van der Waals surface area contributed by atoms with E-state index < -0.39 is 9.84 Å². The van der Waals surface area contributed by atoms with E-state index in [0.717, 1.165) is 17.5 Å². The quantitative estimate of drug-likeness (QED) is 0.455. The van der Waals surface area contributed by atoms with Crippen LogP contribution in [-0.2, 0) is 22.8 Å². The van der Waals surface area contributed by atoms with Crippen molar-refractivity contribution in [2.75, 3.05) is 19.8 Å². The van der Waals surface area contributed by atoms with Crippen molar-refractivity contribution < 1.29 is 8.42 Å². The summed E-state index contributed by atoms with van der Waals surface area (Å²) in [4.78, 5) is 8.53. The van der Waals surface area contributed by atoms with Crippen LogP contribution in [0.5, 0.6) is 0 Å². The highest BCUT2D eigenvalue weighted by Crippen LogP contribution is 2.10. The van der Waals surface area contributed by atoms with E-state index in [9.17, 15) is 8.42 Å². The van der Waals surface area contributed by atoms with Gasteiger partial charge in [-0.1, -0.05) is 29.8 Å². The van der Waals surface area contributed by atoms with Crippen molar-refractivity contribution in [1.82, 2.24) is 15.6 Å². The first-order valence-electron chi connectivity index (χ1n) is 7.72. The second-order valence-electron chi connectivity index (χ2n) is 5.51. The van der Waals surface area contributed by atoms with Crippen LogP contribution in [0.2, 0.25) is 5.15 Å². The molecule has 0 aliphatic heterocycles. The van der Waals surface area contributed by atoms with Crippen LogP contribution < -0.4 is 10.6 Å². The fourth-order valence-electron chi connectivity index (χ4n) is 2.15. The number of hydrogen-bond donors (Lipinski definition) is 2. The Morgan fingerprint density at radius 3 is 2.36 bits per heavy atom. The topological polar surface area (TPSA) is 83.5 Å². The van der Waals surface area contributed by atoms with Crippen molar-refractivity contribution in [1.29, 1.82) is 0 Å². The maximum Gasteiger partial charge on any atom is 0.191 e. The molecule has 0 atom stereocenters. The summed E-state index contributed by atoms with van der Waals surface area (Å²) in [7, 11) is -1.45. The molecule has 1 heterocycles. The molecule has 0 unspecified atom stereocenters. The van der Waals surface area contributed by atoms with E-state index in [1.807, 2.05) is 18.2 Å².